The van der Waals surface area contributed by atoms with Gasteiger partial charge < -0.3 is 10.1 Å². The van der Waals surface area contributed by atoms with E-state index < -0.39 is 6.10 Å². The lowest BCUT2D eigenvalue weighted by Gasteiger charge is -2.19. The Labute approximate surface area is 146 Å². The molecule has 2 aromatic carbocycles. The summed E-state index contributed by atoms with van der Waals surface area (Å²) < 4.78 is 5.89. The van der Waals surface area contributed by atoms with Crippen molar-refractivity contribution in [2.75, 3.05) is 5.32 Å². The largest absolute Gasteiger partial charge is 0.480 e. The lowest BCUT2D eigenvalue weighted by molar-refractivity contribution is -0.122. The highest BCUT2D eigenvalue weighted by molar-refractivity contribution is 6.36. The molecule has 2 rings (SSSR count). The first kappa shape index (κ1) is 17.6. The zero-order valence-electron chi connectivity index (χ0n) is 13.3. The van der Waals surface area contributed by atoms with Gasteiger partial charge in [-0.2, -0.15) is 0 Å². The van der Waals surface area contributed by atoms with Crippen LogP contribution < -0.4 is 10.1 Å². The summed E-state index contributed by atoms with van der Waals surface area (Å²) in [7, 11) is 0. The van der Waals surface area contributed by atoms with Gasteiger partial charge >= 0.3 is 0 Å². The third-order valence-corrected chi connectivity index (χ3v) is 4.22. The van der Waals surface area contributed by atoms with Crippen LogP contribution in [-0.2, 0) is 4.79 Å². The number of aryl methyl sites for hydroxylation is 1. The van der Waals surface area contributed by atoms with E-state index >= 15 is 0 Å². The molecular formula is C18H19Cl2NO2. The van der Waals surface area contributed by atoms with Gasteiger partial charge in [0.05, 0.1) is 10.7 Å². The second-order valence-electron chi connectivity index (χ2n) is 5.33. The number of halogens is 2. The van der Waals surface area contributed by atoms with Crippen LogP contribution in [0.1, 0.15) is 24.5 Å². The Morgan fingerprint density at radius 1 is 1.22 bits per heavy atom. The predicted octanol–water partition coefficient (Wildman–Crippen LogP) is 5.41. The fraction of sp³-hybridized carbons (Fsp3) is 0.278. The minimum atomic E-state index is -0.595. The number of benzene rings is 2. The van der Waals surface area contributed by atoms with Crippen LogP contribution in [0.15, 0.2) is 36.4 Å². The normalized spacial score (nSPS) is 11.9. The molecule has 0 radical (unpaired) electrons. The second kappa shape index (κ2) is 7.71. The van der Waals surface area contributed by atoms with Gasteiger partial charge in [-0.15, -0.1) is 0 Å². The fourth-order valence-electron chi connectivity index (χ4n) is 2.13. The van der Waals surface area contributed by atoms with E-state index in [1.165, 1.54) is 0 Å². The van der Waals surface area contributed by atoms with Gasteiger partial charge in [-0.05, 0) is 55.7 Å². The Bertz CT molecular complexity index is 716. The van der Waals surface area contributed by atoms with E-state index in [4.69, 9.17) is 27.9 Å². The van der Waals surface area contributed by atoms with E-state index in [2.05, 4.69) is 5.32 Å². The van der Waals surface area contributed by atoms with Crippen molar-refractivity contribution in [3.8, 4) is 5.75 Å². The maximum absolute atomic E-state index is 12.5. The number of anilines is 1. The summed E-state index contributed by atoms with van der Waals surface area (Å²) in [5.74, 6) is 0.479. The van der Waals surface area contributed by atoms with Crippen LogP contribution >= 0.6 is 23.2 Å². The number of amides is 1. The van der Waals surface area contributed by atoms with Crippen LogP contribution in [0.25, 0.3) is 0 Å². The standard InChI is InChI=1S/C18H19Cl2NO2/c1-4-16(23-17-7-5-6-11(2)12(17)3)18(22)21-15-9-8-13(19)10-14(15)20/h5-10,16H,4H2,1-3H3,(H,21,22). The molecular weight excluding hydrogens is 333 g/mol. The molecule has 0 aliphatic heterocycles. The number of carbonyl (C=O) groups is 1. The smallest absolute Gasteiger partial charge is 0.265 e. The van der Waals surface area contributed by atoms with Gasteiger partial charge in [0, 0.05) is 5.02 Å². The highest BCUT2D eigenvalue weighted by atomic mass is 35.5. The molecule has 0 fully saturated rings. The number of carbonyl (C=O) groups excluding carboxylic acids is 1. The molecule has 1 atom stereocenters. The van der Waals surface area contributed by atoms with Crippen molar-refractivity contribution in [2.45, 2.75) is 33.3 Å². The maximum Gasteiger partial charge on any atom is 0.265 e. The molecule has 122 valence electrons. The van der Waals surface area contributed by atoms with Crippen LogP contribution in [0.4, 0.5) is 5.69 Å². The Balaban J connectivity index is 2.14. The van der Waals surface area contributed by atoms with Crippen molar-refractivity contribution in [3.63, 3.8) is 0 Å². The lowest BCUT2D eigenvalue weighted by Crippen LogP contribution is -2.32. The van der Waals surface area contributed by atoms with E-state index in [-0.39, 0.29) is 5.91 Å². The first-order valence-electron chi connectivity index (χ1n) is 7.41. The summed E-state index contributed by atoms with van der Waals surface area (Å²) in [6.45, 7) is 5.89. The predicted molar refractivity (Wildman–Crippen MR) is 95.7 cm³/mol. The van der Waals surface area contributed by atoms with Gasteiger partial charge in [0.15, 0.2) is 6.10 Å². The SMILES string of the molecule is CCC(Oc1cccc(C)c1C)C(=O)Nc1ccc(Cl)cc1Cl. The highest BCUT2D eigenvalue weighted by Gasteiger charge is 2.20. The molecule has 23 heavy (non-hydrogen) atoms. The molecule has 0 saturated carbocycles. The molecule has 3 nitrogen and oxygen atoms in total. The highest BCUT2D eigenvalue weighted by Crippen LogP contribution is 2.26. The summed E-state index contributed by atoms with van der Waals surface area (Å²) in [4.78, 5) is 12.5. The van der Waals surface area contributed by atoms with Gasteiger partial charge in [0.2, 0.25) is 0 Å². The lowest BCUT2D eigenvalue weighted by atomic mass is 10.1. The Kier molecular flexibility index (Phi) is 5.91. The second-order valence-corrected chi connectivity index (χ2v) is 6.17. The molecule has 0 saturated heterocycles. The number of hydrogen-bond acceptors (Lipinski definition) is 2. The topological polar surface area (TPSA) is 38.3 Å². The molecule has 0 aliphatic rings. The minimum absolute atomic E-state index is 0.238. The summed E-state index contributed by atoms with van der Waals surface area (Å²) in [5.41, 5.74) is 2.67. The van der Waals surface area contributed by atoms with Crippen LogP contribution in [0.3, 0.4) is 0 Å². The Morgan fingerprint density at radius 2 is 1.96 bits per heavy atom. The third kappa shape index (κ3) is 4.40. The molecule has 1 N–H and O–H groups in total. The van der Waals surface area contributed by atoms with Crippen molar-refractivity contribution in [3.05, 3.63) is 57.6 Å². The van der Waals surface area contributed by atoms with Crippen molar-refractivity contribution in [1.29, 1.82) is 0 Å². The van der Waals surface area contributed by atoms with Crippen LogP contribution in [0.5, 0.6) is 5.75 Å². The number of nitrogens with one attached hydrogen (secondary N) is 1. The van der Waals surface area contributed by atoms with E-state index in [1.807, 2.05) is 39.0 Å². The zero-order valence-corrected chi connectivity index (χ0v) is 14.8. The van der Waals surface area contributed by atoms with E-state index in [0.29, 0.717) is 27.9 Å². The first-order valence-corrected chi connectivity index (χ1v) is 8.16. The molecule has 0 heterocycles. The molecule has 1 amide bonds. The molecule has 5 heteroatoms. The Morgan fingerprint density at radius 3 is 2.61 bits per heavy atom. The minimum Gasteiger partial charge on any atom is -0.480 e. The van der Waals surface area contributed by atoms with Crippen molar-refractivity contribution < 1.29 is 9.53 Å². The summed E-state index contributed by atoms with van der Waals surface area (Å²) in [6, 6.07) is 10.7. The van der Waals surface area contributed by atoms with E-state index in [0.717, 1.165) is 11.1 Å². The van der Waals surface area contributed by atoms with E-state index in [9.17, 15) is 4.79 Å². The third-order valence-electron chi connectivity index (χ3n) is 3.68. The molecule has 0 aromatic heterocycles. The van der Waals surface area contributed by atoms with E-state index in [1.54, 1.807) is 18.2 Å². The summed E-state index contributed by atoms with van der Waals surface area (Å²) >= 11 is 11.9. The van der Waals surface area contributed by atoms with Gasteiger partial charge in [0.1, 0.15) is 5.75 Å². The van der Waals surface area contributed by atoms with Gasteiger partial charge in [-0.1, -0.05) is 42.3 Å². The summed E-state index contributed by atoms with van der Waals surface area (Å²) in [6.07, 6.45) is -0.0491. The number of hydrogen-bond donors (Lipinski definition) is 1. The average molecular weight is 352 g/mol. The van der Waals surface area contributed by atoms with Crippen LogP contribution in [0.2, 0.25) is 10.0 Å². The maximum atomic E-state index is 12.5. The number of ether oxygens (including phenoxy) is 1. The van der Waals surface area contributed by atoms with Gasteiger partial charge in [-0.3, -0.25) is 4.79 Å². The van der Waals surface area contributed by atoms with Crippen LogP contribution in [0, 0.1) is 13.8 Å². The van der Waals surface area contributed by atoms with Crippen molar-refractivity contribution >= 4 is 34.8 Å². The number of rotatable bonds is 5. The van der Waals surface area contributed by atoms with Crippen molar-refractivity contribution in [2.24, 2.45) is 0 Å². The molecule has 0 aliphatic carbocycles. The first-order chi connectivity index (χ1) is 10.9. The Hall–Kier alpha value is -1.71. The molecule has 0 bridgehead atoms. The van der Waals surface area contributed by atoms with Crippen LogP contribution in [-0.4, -0.2) is 12.0 Å². The average Bonchev–Trinajstić information content (AvgIpc) is 2.51. The zero-order chi connectivity index (χ0) is 17.0. The monoisotopic (exact) mass is 351 g/mol. The summed E-state index contributed by atoms with van der Waals surface area (Å²) in [5, 5.41) is 3.70. The van der Waals surface area contributed by atoms with Gasteiger partial charge in [0.25, 0.3) is 5.91 Å². The molecule has 0 spiro atoms. The quantitative estimate of drug-likeness (QED) is 0.782. The molecule has 1 unspecified atom stereocenters. The molecule has 2 aromatic rings. The fourth-order valence-corrected chi connectivity index (χ4v) is 2.59. The van der Waals surface area contributed by atoms with Gasteiger partial charge in [-0.25, -0.2) is 0 Å². The van der Waals surface area contributed by atoms with Crippen molar-refractivity contribution in [1.82, 2.24) is 0 Å².